The number of benzene rings is 1. The minimum atomic E-state index is -3.88. The van der Waals surface area contributed by atoms with Gasteiger partial charge in [0.2, 0.25) is 0 Å². The average Bonchev–Trinajstić information content (AvgIpc) is 2.82. The van der Waals surface area contributed by atoms with Gasteiger partial charge in [0.05, 0.1) is 6.54 Å². The monoisotopic (exact) mass is 331 g/mol. The minimum Gasteiger partial charge on any atom is -0.302 e. The second-order valence-electron chi connectivity index (χ2n) is 3.48. The summed E-state index contributed by atoms with van der Waals surface area (Å²) in [5.74, 6) is 0. The zero-order chi connectivity index (χ0) is 13.2. The molecule has 6 nitrogen and oxygen atoms in total. The fourth-order valence-electron chi connectivity index (χ4n) is 1.38. The maximum Gasteiger partial charge on any atom is 0.350 e. The van der Waals surface area contributed by atoms with Crippen LogP contribution in [0.3, 0.4) is 0 Å². The van der Waals surface area contributed by atoms with Gasteiger partial charge in [0.1, 0.15) is 4.90 Å². The summed E-state index contributed by atoms with van der Waals surface area (Å²) in [5, 5.41) is 1.15. The van der Waals surface area contributed by atoms with E-state index in [9.17, 15) is 13.2 Å². The quantitative estimate of drug-likeness (QED) is 0.853. The smallest absolute Gasteiger partial charge is 0.302 e. The largest absolute Gasteiger partial charge is 0.350 e. The van der Waals surface area contributed by atoms with Crippen molar-refractivity contribution < 1.29 is 13.2 Å². The van der Waals surface area contributed by atoms with Crippen molar-refractivity contribution in [1.29, 1.82) is 0 Å². The third-order valence-corrected chi connectivity index (χ3v) is 4.56. The van der Waals surface area contributed by atoms with E-state index in [1.165, 1.54) is 6.07 Å². The summed E-state index contributed by atoms with van der Waals surface area (Å²) >= 11 is 3.13. The Morgan fingerprint density at radius 3 is 2.72 bits per heavy atom. The summed E-state index contributed by atoms with van der Waals surface area (Å²) < 4.78 is 26.3. The minimum absolute atomic E-state index is 0.0190. The van der Waals surface area contributed by atoms with Crippen molar-refractivity contribution in [3.63, 3.8) is 0 Å². The second-order valence-corrected chi connectivity index (χ2v) is 5.99. The third kappa shape index (κ3) is 2.65. The Morgan fingerprint density at radius 1 is 1.39 bits per heavy atom. The van der Waals surface area contributed by atoms with E-state index >= 15 is 0 Å². The number of halogens is 1. The molecule has 0 atom stereocenters. The van der Waals surface area contributed by atoms with Crippen LogP contribution in [0.25, 0.3) is 0 Å². The van der Waals surface area contributed by atoms with E-state index < -0.39 is 16.1 Å². The molecular formula is C10H10BrN3O3S. The molecule has 0 unspecified atom stereocenters. The number of hydrogen-bond acceptors (Lipinski definition) is 4. The number of hydrogen-bond donors (Lipinski definition) is 2. The molecule has 8 heteroatoms. The van der Waals surface area contributed by atoms with Crippen molar-refractivity contribution in [2.45, 2.75) is 4.90 Å². The number of sulfonamides is 1. The first-order chi connectivity index (χ1) is 8.50. The van der Waals surface area contributed by atoms with Gasteiger partial charge in [-0.05, 0) is 34.1 Å². The van der Waals surface area contributed by atoms with Crippen LogP contribution >= 0.6 is 15.9 Å². The van der Waals surface area contributed by atoms with Crippen LogP contribution in [0, 0.1) is 0 Å². The first-order valence-electron chi connectivity index (χ1n) is 5.01. The van der Waals surface area contributed by atoms with Crippen LogP contribution in [0.5, 0.6) is 0 Å². The number of nitrogens with zero attached hydrogens (tertiary/aromatic N) is 1. The summed E-state index contributed by atoms with van der Waals surface area (Å²) in [4.78, 5) is 11.7. The summed E-state index contributed by atoms with van der Waals surface area (Å²) in [5.41, 5.74) is 2.61. The molecule has 1 aromatic rings. The number of carbonyl (C=O) groups excluding carboxylic acids is 1. The molecule has 0 bridgehead atoms. The van der Waals surface area contributed by atoms with E-state index in [1.807, 2.05) is 4.72 Å². The zero-order valence-electron chi connectivity index (χ0n) is 9.13. The highest BCUT2D eigenvalue weighted by molar-refractivity contribution is 9.10. The Labute approximate surface area is 113 Å². The Bertz CT molecular complexity index is 592. The lowest BCUT2D eigenvalue weighted by Crippen LogP contribution is -2.45. The van der Waals surface area contributed by atoms with Gasteiger partial charge in [0.25, 0.3) is 10.0 Å². The molecule has 0 aliphatic carbocycles. The average molecular weight is 332 g/mol. The van der Waals surface area contributed by atoms with Crippen molar-refractivity contribution in [3.8, 4) is 0 Å². The van der Waals surface area contributed by atoms with E-state index in [2.05, 4.69) is 21.4 Å². The molecule has 2 N–H and O–H groups in total. The van der Waals surface area contributed by atoms with Gasteiger partial charge >= 0.3 is 6.03 Å². The van der Waals surface area contributed by atoms with Gasteiger partial charge in [-0.25, -0.2) is 22.9 Å². The van der Waals surface area contributed by atoms with E-state index in [-0.39, 0.29) is 4.90 Å². The zero-order valence-corrected chi connectivity index (χ0v) is 11.5. The van der Waals surface area contributed by atoms with Gasteiger partial charge in [-0.1, -0.05) is 12.1 Å². The van der Waals surface area contributed by atoms with Crippen LogP contribution in [0.4, 0.5) is 4.79 Å². The molecule has 1 aliphatic rings. The Morgan fingerprint density at radius 2 is 2.11 bits per heavy atom. The molecule has 0 fully saturated rings. The number of nitrogens with one attached hydrogen (secondary N) is 2. The molecule has 1 heterocycles. The van der Waals surface area contributed by atoms with Crippen LogP contribution in [0.1, 0.15) is 0 Å². The van der Waals surface area contributed by atoms with Crippen LogP contribution in [-0.2, 0) is 10.0 Å². The molecule has 2 rings (SSSR count). The molecule has 0 saturated heterocycles. The van der Waals surface area contributed by atoms with Gasteiger partial charge in [-0.2, -0.15) is 0 Å². The van der Waals surface area contributed by atoms with E-state index in [4.69, 9.17) is 0 Å². The molecule has 0 aromatic heterocycles. The third-order valence-electron chi connectivity index (χ3n) is 2.23. The summed E-state index contributed by atoms with van der Waals surface area (Å²) in [6.07, 6.45) is 3.26. The van der Waals surface area contributed by atoms with Crippen LogP contribution in [-0.4, -0.2) is 26.0 Å². The highest BCUT2D eigenvalue weighted by Gasteiger charge is 2.23. The topological polar surface area (TPSA) is 78.5 Å². The lowest BCUT2D eigenvalue weighted by Gasteiger charge is -2.17. The molecule has 96 valence electrons. The summed E-state index contributed by atoms with van der Waals surface area (Å²) in [6.45, 7) is 0.317. The Hall–Kier alpha value is -1.54. The fraction of sp³-hybridized carbons (Fsp3) is 0.100. The summed E-state index contributed by atoms with van der Waals surface area (Å²) in [6, 6.07) is 5.55. The molecule has 2 amide bonds. The highest BCUT2D eigenvalue weighted by atomic mass is 79.9. The number of carbonyl (C=O) groups is 1. The standard InChI is InChI=1S/C10H10BrN3O3S/c11-8-4-1-2-5-9(8)18(16,17)13-10(15)14-7-3-6-12-14/h1-6,12H,7H2,(H,13,15). The lowest BCUT2D eigenvalue weighted by molar-refractivity contribution is 0.200. The SMILES string of the molecule is O=C(NS(=O)(=O)c1ccccc1Br)N1CC=CN1. The molecule has 0 radical (unpaired) electrons. The van der Waals surface area contributed by atoms with Crippen molar-refractivity contribution in [1.82, 2.24) is 15.2 Å². The van der Waals surface area contributed by atoms with Crippen LogP contribution in [0.2, 0.25) is 0 Å². The van der Waals surface area contributed by atoms with E-state index in [0.29, 0.717) is 11.0 Å². The molecule has 1 aliphatic heterocycles. The van der Waals surface area contributed by atoms with Crippen molar-refractivity contribution in [3.05, 3.63) is 41.0 Å². The second kappa shape index (κ2) is 4.99. The van der Waals surface area contributed by atoms with Gasteiger partial charge in [0.15, 0.2) is 0 Å². The van der Waals surface area contributed by atoms with E-state index in [1.54, 1.807) is 30.5 Å². The predicted molar refractivity (Wildman–Crippen MR) is 68.8 cm³/mol. The van der Waals surface area contributed by atoms with Gasteiger partial charge in [-0.15, -0.1) is 0 Å². The predicted octanol–water partition coefficient (Wildman–Crippen LogP) is 1.18. The van der Waals surface area contributed by atoms with Crippen LogP contribution in [0.15, 0.2) is 45.9 Å². The Kier molecular flexibility index (Phi) is 3.58. The number of urea groups is 1. The van der Waals surface area contributed by atoms with Crippen molar-refractivity contribution >= 4 is 32.0 Å². The first-order valence-corrected chi connectivity index (χ1v) is 7.28. The molecule has 0 spiro atoms. The number of rotatable bonds is 2. The molecule has 18 heavy (non-hydrogen) atoms. The molecule has 1 aromatic carbocycles. The molecular weight excluding hydrogens is 322 g/mol. The Balaban J connectivity index is 2.17. The van der Waals surface area contributed by atoms with Crippen molar-refractivity contribution in [2.75, 3.05) is 6.54 Å². The molecule has 0 saturated carbocycles. The first kappa shape index (κ1) is 12.9. The fourth-order valence-corrected chi connectivity index (χ4v) is 3.34. The van der Waals surface area contributed by atoms with Crippen molar-refractivity contribution in [2.24, 2.45) is 0 Å². The van der Waals surface area contributed by atoms with Gasteiger partial charge in [-0.3, -0.25) is 0 Å². The number of amides is 2. The van der Waals surface area contributed by atoms with Crippen LogP contribution < -0.4 is 10.1 Å². The maximum atomic E-state index is 12.0. The maximum absolute atomic E-state index is 12.0. The highest BCUT2D eigenvalue weighted by Crippen LogP contribution is 2.20. The van der Waals surface area contributed by atoms with Gasteiger partial charge < -0.3 is 5.43 Å². The summed E-state index contributed by atoms with van der Waals surface area (Å²) in [7, 11) is -3.88. The lowest BCUT2D eigenvalue weighted by atomic mass is 10.4. The normalized spacial score (nSPS) is 14.4. The number of hydrazine groups is 1. The van der Waals surface area contributed by atoms with E-state index in [0.717, 1.165) is 5.01 Å². The van der Waals surface area contributed by atoms with Gasteiger partial charge in [0, 0.05) is 10.7 Å².